The molecule has 2 amide bonds. The standard InChI is InChI=1S/C39H45N5O6/c1-24-29(22-49-36-15-13-27(38(43-36)47-3)12-11-26-17-34(45)41-19-26)7-5-9-32(24)33-10-6-8-30(25(33)2)23-50-37-16-14-28(39(44-37)48-4)20-40-31-18-35(46)42-21-31/h5-10,13-16,26,31,40H,11-12,17-23H2,1-4H3,(H,41,45)(H,42,46). The van der Waals surface area contributed by atoms with E-state index in [0.717, 1.165) is 63.9 Å². The molecule has 2 aliphatic rings. The Hall–Kier alpha value is -5.16. The van der Waals surface area contributed by atoms with Crippen molar-refractivity contribution >= 4 is 11.8 Å². The van der Waals surface area contributed by atoms with Gasteiger partial charge in [-0.25, -0.2) is 0 Å². The second-order valence-electron chi connectivity index (χ2n) is 12.9. The number of rotatable bonds is 15. The fraction of sp³-hybridized carbons (Fsp3) is 0.385. The molecule has 4 aromatic rings. The second kappa shape index (κ2) is 16.0. The molecule has 2 saturated heterocycles. The minimum atomic E-state index is 0.0638. The van der Waals surface area contributed by atoms with Gasteiger partial charge in [-0.3, -0.25) is 9.59 Å². The van der Waals surface area contributed by atoms with Crippen molar-refractivity contribution in [2.24, 2.45) is 5.92 Å². The summed E-state index contributed by atoms with van der Waals surface area (Å²) in [4.78, 5) is 32.3. The predicted molar refractivity (Wildman–Crippen MR) is 189 cm³/mol. The van der Waals surface area contributed by atoms with E-state index in [2.05, 4.69) is 70.1 Å². The summed E-state index contributed by atoms with van der Waals surface area (Å²) in [5.74, 6) is 2.56. The van der Waals surface area contributed by atoms with Gasteiger partial charge in [0.2, 0.25) is 35.3 Å². The number of nitrogens with zero attached hydrogens (tertiary/aromatic N) is 2. The molecule has 2 aliphatic heterocycles. The molecule has 262 valence electrons. The zero-order valence-electron chi connectivity index (χ0n) is 29.1. The van der Waals surface area contributed by atoms with Gasteiger partial charge in [0.15, 0.2) is 0 Å². The smallest absolute Gasteiger partial charge is 0.221 e. The molecule has 11 heteroatoms. The van der Waals surface area contributed by atoms with Crippen LogP contribution in [-0.4, -0.2) is 55.1 Å². The Morgan fingerprint density at radius 1 is 0.700 bits per heavy atom. The molecule has 11 nitrogen and oxygen atoms in total. The van der Waals surface area contributed by atoms with Gasteiger partial charge in [-0.2, -0.15) is 9.97 Å². The Morgan fingerprint density at radius 2 is 1.26 bits per heavy atom. The lowest BCUT2D eigenvalue weighted by atomic mass is 9.92. The van der Waals surface area contributed by atoms with Crippen molar-refractivity contribution in [2.75, 3.05) is 27.3 Å². The number of aryl methyl sites for hydroxylation is 1. The van der Waals surface area contributed by atoms with Gasteiger partial charge < -0.3 is 34.9 Å². The fourth-order valence-corrected chi connectivity index (χ4v) is 6.54. The third-order valence-electron chi connectivity index (χ3n) is 9.59. The van der Waals surface area contributed by atoms with E-state index in [1.807, 2.05) is 30.3 Å². The van der Waals surface area contributed by atoms with E-state index in [4.69, 9.17) is 18.9 Å². The minimum Gasteiger partial charge on any atom is -0.481 e. The largest absolute Gasteiger partial charge is 0.481 e. The molecule has 0 saturated carbocycles. The molecular weight excluding hydrogens is 634 g/mol. The van der Waals surface area contributed by atoms with Crippen LogP contribution in [-0.2, 0) is 35.8 Å². The lowest BCUT2D eigenvalue weighted by molar-refractivity contribution is -0.120. The van der Waals surface area contributed by atoms with Crippen molar-refractivity contribution in [3.63, 3.8) is 0 Å². The van der Waals surface area contributed by atoms with Gasteiger partial charge in [-0.05, 0) is 78.1 Å². The Morgan fingerprint density at radius 3 is 1.80 bits per heavy atom. The van der Waals surface area contributed by atoms with E-state index in [1.165, 1.54) is 0 Å². The number of pyridine rings is 2. The molecule has 2 aromatic heterocycles. The van der Waals surface area contributed by atoms with Crippen molar-refractivity contribution in [1.82, 2.24) is 25.9 Å². The van der Waals surface area contributed by atoms with Crippen molar-refractivity contribution in [2.45, 2.75) is 65.3 Å². The Kier molecular flexibility index (Phi) is 11.1. The van der Waals surface area contributed by atoms with Crippen molar-refractivity contribution in [1.29, 1.82) is 0 Å². The number of carbonyl (C=O) groups excluding carboxylic acids is 2. The summed E-state index contributed by atoms with van der Waals surface area (Å²) in [7, 11) is 3.21. The molecular formula is C39H45N5O6. The summed E-state index contributed by atoms with van der Waals surface area (Å²) in [5.41, 5.74) is 8.53. The molecule has 4 heterocycles. The van der Waals surface area contributed by atoms with Gasteiger partial charge in [0, 0.05) is 61.8 Å². The summed E-state index contributed by atoms with van der Waals surface area (Å²) >= 11 is 0. The molecule has 2 fully saturated rings. The van der Waals surface area contributed by atoms with Crippen LogP contribution in [0.1, 0.15) is 52.6 Å². The number of amides is 2. The van der Waals surface area contributed by atoms with Crippen LogP contribution in [0.4, 0.5) is 0 Å². The van der Waals surface area contributed by atoms with Crippen LogP contribution in [0.15, 0.2) is 60.7 Å². The van der Waals surface area contributed by atoms with E-state index in [0.29, 0.717) is 68.6 Å². The second-order valence-corrected chi connectivity index (χ2v) is 12.9. The topological polar surface area (TPSA) is 133 Å². The van der Waals surface area contributed by atoms with Gasteiger partial charge in [0.25, 0.3) is 0 Å². The van der Waals surface area contributed by atoms with E-state index in [-0.39, 0.29) is 17.9 Å². The highest BCUT2D eigenvalue weighted by atomic mass is 16.5. The first-order valence-corrected chi connectivity index (χ1v) is 17.1. The summed E-state index contributed by atoms with van der Waals surface area (Å²) in [5, 5.41) is 9.12. The quantitative estimate of drug-likeness (QED) is 0.159. The monoisotopic (exact) mass is 679 g/mol. The summed E-state index contributed by atoms with van der Waals surface area (Å²) in [6, 6.07) is 20.3. The summed E-state index contributed by atoms with van der Waals surface area (Å²) < 4.78 is 23.4. The number of hydrogen-bond acceptors (Lipinski definition) is 9. The molecule has 0 spiro atoms. The molecule has 2 atom stereocenters. The maximum atomic E-state index is 11.5. The molecule has 3 N–H and O–H groups in total. The summed E-state index contributed by atoms with van der Waals surface area (Å²) in [6.07, 6.45) is 2.74. The number of hydrogen-bond donors (Lipinski definition) is 3. The summed E-state index contributed by atoms with van der Waals surface area (Å²) in [6.45, 7) is 6.84. The maximum absolute atomic E-state index is 11.5. The van der Waals surface area contributed by atoms with Crippen LogP contribution in [0.3, 0.4) is 0 Å². The van der Waals surface area contributed by atoms with Gasteiger partial charge in [-0.1, -0.05) is 36.4 Å². The molecule has 2 aromatic carbocycles. The van der Waals surface area contributed by atoms with Crippen LogP contribution in [0.2, 0.25) is 0 Å². The van der Waals surface area contributed by atoms with E-state index < -0.39 is 0 Å². The number of benzene rings is 2. The van der Waals surface area contributed by atoms with Crippen LogP contribution < -0.4 is 34.9 Å². The third kappa shape index (κ3) is 8.34. The lowest BCUT2D eigenvalue weighted by Gasteiger charge is -2.17. The van der Waals surface area contributed by atoms with Crippen molar-refractivity contribution < 1.29 is 28.5 Å². The van der Waals surface area contributed by atoms with Gasteiger partial charge in [0.1, 0.15) is 13.2 Å². The zero-order valence-corrected chi connectivity index (χ0v) is 29.1. The fourth-order valence-electron chi connectivity index (χ4n) is 6.54. The Balaban J connectivity index is 1.09. The Bertz CT molecular complexity index is 1710. The molecule has 0 aliphatic carbocycles. The van der Waals surface area contributed by atoms with E-state index >= 15 is 0 Å². The molecule has 0 radical (unpaired) electrons. The number of aromatic nitrogens is 2. The van der Waals surface area contributed by atoms with Gasteiger partial charge in [0.05, 0.1) is 14.2 Å². The predicted octanol–water partition coefficient (Wildman–Crippen LogP) is 4.98. The van der Waals surface area contributed by atoms with Gasteiger partial charge >= 0.3 is 0 Å². The Labute approximate surface area is 293 Å². The number of ether oxygens (including phenoxy) is 4. The van der Waals surface area contributed by atoms with Crippen molar-refractivity contribution in [3.05, 3.63) is 94.0 Å². The number of carbonyl (C=O) groups is 2. The molecule has 50 heavy (non-hydrogen) atoms. The molecule has 6 rings (SSSR count). The average molecular weight is 680 g/mol. The first-order chi connectivity index (χ1) is 24.3. The average Bonchev–Trinajstić information content (AvgIpc) is 3.76. The molecule has 2 unspecified atom stereocenters. The SMILES string of the molecule is COc1nc(OCc2cccc(-c3cccc(COc4ccc(CNC5CNC(=O)C5)c(OC)n4)c3C)c2C)ccc1CCC1CNC(=O)C1. The maximum Gasteiger partial charge on any atom is 0.221 e. The van der Waals surface area contributed by atoms with Crippen LogP contribution in [0.5, 0.6) is 23.5 Å². The van der Waals surface area contributed by atoms with E-state index in [1.54, 1.807) is 14.2 Å². The molecule has 0 bridgehead atoms. The third-order valence-corrected chi connectivity index (χ3v) is 9.59. The number of methoxy groups -OCH3 is 2. The highest BCUT2D eigenvalue weighted by Gasteiger charge is 2.23. The zero-order chi connectivity index (χ0) is 35.0. The lowest BCUT2D eigenvalue weighted by Crippen LogP contribution is -2.30. The first kappa shape index (κ1) is 34.7. The first-order valence-electron chi connectivity index (χ1n) is 17.1. The van der Waals surface area contributed by atoms with Gasteiger partial charge in [-0.15, -0.1) is 0 Å². The van der Waals surface area contributed by atoms with Crippen LogP contribution >= 0.6 is 0 Å². The minimum absolute atomic E-state index is 0.0638. The van der Waals surface area contributed by atoms with Crippen molar-refractivity contribution in [3.8, 4) is 34.6 Å². The highest BCUT2D eigenvalue weighted by Crippen LogP contribution is 2.32. The normalized spacial score (nSPS) is 17.0. The highest BCUT2D eigenvalue weighted by molar-refractivity contribution is 5.79. The van der Waals surface area contributed by atoms with Crippen LogP contribution in [0.25, 0.3) is 11.1 Å². The van der Waals surface area contributed by atoms with E-state index in [9.17, 15) is 9.59 Å². The van der Waals surface area contributed by atoms with Crippen LogP contribution in [0, 0.1) is 19.8 Å². The number of nitrogens with one attached hydrogen (secondary N) is 3.